The molecule has 0 aromatic heterocycles. The SMILES string of the molecule is C/C=C\C(C)CCC(C)NCC. The van der Waals surface area contributed by atoms with E-state index in [9.17, 15) is 0 Å². The van der Waals surface area contributed by atoms with Crippen LogP contribution >= 0.6 is 0 Å². The zero-order valence-electron chi connectivity index (χ0n) is 8.93. The van der Waals surface area contributed by atoms with Crippen LogP contribution in [-0.2, 0) is 0 Å². The number of nitrogens with one attached hydrogen (secondary N) is 1. The van der Waals surface area contributed by atoms with E-state index < -0.39 is 0 Å². The van der Waals surface area contributed by atoms with Gasteiger partial charge in [0, 0.05) is 6.04 Å². The monoisotopic (exact) mass is 169 g/mol. The van der Waals surface area contributed by atoms with Crippen molar-refractivity contribution >= 4 is 0 Å². The van der Waals surface area contributed by atoms with E-state index in [-0.39, 0.29) is 0 Å². The summed E-state index contributed by atoms with van der Waals surface area (Å²) in [5.74, 6) is 0.733. The molecule has 0 rings (SSSR count). The standard InChI is InChI=1S/C11H23N/c1-5-7-10(3)8-9-11(4)12-6-2/h5,7,10-12H,6,8-9H2,1-4H3/b7-5-. The Bertz CT molecular complexity index is 118. The Labute approximate surface area is 77.2 Å². The highest BCUT2D eigenvalue weighted by Crippen LogP contribution is 2.08. The molecule has 1 heteroatoms. The molecule has 0 spiro atoms. The Morgan fingerprint density at radius 3 is 2.42 bits per heavy atom. The van der Waals surface area contributed by atoms with E-state index in [4.69, 9.17) is 0 Å². The Hall–Kier alpha value is -0.300. The summed E-state index contributed by atoms with van der Waals surface area (Å²) >= 11 is 0. The first-order valence-corrected chi connectivity index (χ1v) is 5.06. The highest BCUT2D eigenvalue weighted by atomic mass is 14.9. The lowest BCUT2D eigenvalue weighted by molar-refractivity contribution is 0.478. The fourth-order valence-corrected chi connectivity index (χ4v) is 1.39. The van der Waals surface area contributed by atoms with Gasteiger partial charge in [-0.2, -0.15) is 0 Å². The smallest absolute Gasteiger partial charge is 0.00388 e. The first-order chi connectivity index (χ1) is 5.70. The van der Waals surface area contributed by atoms with Gasteiger partial charge in [-0.3, -0.25) is 0 Å². The van der Waals surface area contributed by atoms with E-state index in [0.717, 1.165) is 12.5 Å². The number of rotatable bonds is 6. The van der Waals surface area contributed by atoms with Crippen molar-refractivity contribution < 1.29 is 0 Å². The second-order valence-electron chi connectivity index (χ2n) is 3.54. The average molecular weight is 169 g/mol. The molecule has 0 saturated carbocycles. The van der Waals surface area contributed by atoms with Crippen LogP contribution in [0, 0.1) is 5.92 Å². The van der Waals surface area contributed by atoms with Gasteiger partial charge in [0.15, 0.2) is 0 Å². The lowest BCUT2D eigenvalue weighted by Gasteiger charge is -2.13. The quantitative estimate of drug-likeness (QED) is 0.603. The highest BCUT2D eigenvalue weighted by Gasteiger charge is 2.01. The molecule has 0 saturated heterocycles. The Morgan fingerprint density at radius 2 is 1.92 bits per heavy atom. The third kappa shape index (κ3) is 6.41. The van der Waals surface area contributed by atoms with Crippen LogP contribution in [0.15, 0.2) is 12.2 Å². The van der Waals surface area contributed by atoms with Gasteiger partial charge in [0.25, 0.3) is 0 Å². The molecule has 2 unspecified atom stereocenters. The van der Waals surface area contributed by atoms with Crippen molar-refractivity contribution in [3.8, 4) is 0 Å². The number of hydrogen-bond donors (Lipinski definition) is 1. The molecule has 0 amide bonds. The highest BCUT2D eigenvalue weighted by molar-refractivity contribution is 4.83. The van der Waals surface area contributed by atoms with E-state index in [1.165, 1.54) is 12.8 Å². The Morgan fingerprint density at radius 1 is 1.25 bits per heavy atom. The summed E-state index contributed by atoms with van der Waals surface area (Å²) in [6.07, 6.45) is 6.99. The van der Waals surface area contributed by atoms with Crippen LogP contribution in [0.3, 0.4) is 0 Å². The van der Waals surface area contributed by atoms with Gasteiger partial charge in [-0.05, 0) is 39.2 Å². The van der Waals surface area contributed by atoms with Gasteiger partial charge in [0.2, 0.25) is 0 Å². The van der Waals surface area contributed by atoms with Crippen molar-refractivity contribution in [2.75, 3.05) is 6.54 Å². The molecule has 0 aromatic carbocycles. The molecule has 2 atom stereocenters. The number of allylic oxidation sites excluding steroid dienone is 2. The lowest BCUT2D eigenvalue weighted by Crippen LogP contribution is -2.25. The van der Waals surface area contributed by atoms with E-state index in [2.05, 4.69) is 45.2 Å². The lowest BCUT2D eigenvalue weighted by atomic mass is 10.0. The normalized spacial score (nSPS) is 16.7. The third-order valence-electron chi connectivity index (χ3n) is 2.13. The molecule has 0 bridgehead atoms. The van der Waals surface area contributed by atoms with Crippen LogP contribution in [0.25, 0.3) is 0 Å². The first-order valence-electron chi connectivity index (χ1n) is 5.06. The molecule has 0 aromatic rings. The molecule has 0 fully saturated rings. The van der Waals surface area contributed by atoms with Crippen molar-refractivity contribution in [3.63, 3.8) is 0 Å². The largest absolute Gasteiger partial charge is 0.315 e. The van der Waals surface area contributed by atoms with Crippen LogP contribution in [0.2, 0.25) is 0 Å². The second kappa shape index (κ2) is 7.35. The van der Waals surface area contributed by atoms with E-state index in [1.807, 2.05) is 0 Å². The molecule has 0 radical (unpaired) electrons. The minimum atomic E-state index is 0.669. The molecule has 1 N–H and O–H groups in total. The predicted molar refractivity (Wildman–Crippen MR) is 56.4 cm³/mol. The Balaban J connectivity index is 3.39. The van der Waals surface area contributed by atoms with Gasteiger partial charge < -0.3 is 5.32 Å². The van der Waals surface area contributed by atoms with Gasteiger partial charge in [0.1, 0.15) is 0 Å². The topological polar surface area (TPSA) is 12.0 Å². The van der Waals surface area contributed by atoms with Gasteiger partial charge in [-0.15, -0.1) is 0 Å². The van der Waals surface area contributed by atoms with E-state index in [1.54, 1.807) is 0 Å². The van der Waals surface area contributed by atoms with Crippen LogP contribution in [-0.4, -0.2) is 12.6 Å². The fourth-order valence-electron chi connectivity index (χ4n) is 1.39. The molecular formula is C11H23N. The maximum absolute atomic E-state index is 3.42. The van der Waals surface area contributed by atoms with Crippen molar-refractivity contribution in [1.29, 1.82) is 0 Å². The molecule has 12 heavy (non-hydrogen) atoms. The van der Waals surface area contributed by atoms with Crippen LogP contribution in [0.4, 0.5) is 0 Å². The summed E-state index contributed by atoms with van der Waals surface area (Å²) < 4.78 is 0. The zero-order chi connectivity index (χ0) is 9.40. The van der Waals surface area contributed by atoms with Crippen molar-refractivity contribution in [3.05, 3.63) is 12.2 Å². The second-order valence-corrected chi connectivity index (χ2v) is 3.54. The van der Waals surface area contributed by atoms with Gasteiger partial charge in [-0.1, -0.05) is 26.0 Å². The first kappa shape index (κ1) is 11.7. The van der Waals surface area contributed by atoms with Gasteiger partial charge in [-0.25, -0.2) is 0 Å². The molecular weight excluding hydrogens is 146 g/mol. The van der Waals surface area contributed by atoms with E-state index in [0.29, 0.717) is 6.04 Å². The van der Waals surface area contributed by atoms with Gasteiger partial charge in [0.05, 0.1) is 0 Å². The van der Waals surface area contributed by atoms with Crippen molar-refractivity contribution in [2.24, 2.45) is 5.92 Å². The molecule has 0 aliphatic carbocycles. The molecule has 0 aliphatic heterocycles. The molecule has 72 valence electrons. The van der Waals surface area contributed by atoms with Gasteiger partial charge >= 0.3 is 0 Å². The maximum Gasteiger partial charge on any atom is 0.00388 e. The average Bonchev–Trinajstić information content (AvgIpc) is 2.02. The fraction of sp³-hybridized carbons (Fsp3) is 0.818. The summed E-state index contributed by atoms with van der Waals surface area (Å²) in [5, 5.41) is 3.42. The summed E-state index contributed by atoms with van der Waals surface area (Å²) in [6, 6.07) is 0.669. The minimum Gasteiger partial charge on any atom is -0.315 e. The van der Waals surface area contributed by atoms with Crippen molar-refractivity contribution in [2.45, 2.75) is 46.6 Å². The van der Waals surface area contributed by atoms with Crippen molar-refractivity contribution in [1.82, 2.24) is 5.32 Å². The molecule has 1 nitrogen and oxygen atoms in total. The zero-order valence-corrected chi connectivity index (χ0v) is 8.93. The molecule has 0 aliphatic rings. The van der Waals surface area contributed by atoms with E-state index >= 15 is 0 Å². The summed E-state index contributed by atoms with van der Waals surface area (Å²) in [6.45, 7) is 9.86. The van der Waals surface area contributed by atoms with Crippen LogP contribution in [0.5, 0.6) is 0 Å². The summed E-state index contributed by atoms with van der Waals surface area (Å²) in [7, 11) is 0. The third-order valence-corrected chi connectivity index (χ3v) is 2.13. The van der Waals surface area contributed by atoms with Crippen LogP contribution < -0.4 is 5.32 Å². The summed E-state index contributed by atoms with van der Waals surface area (Å²) in [4.78, 5) is 0. The maximum atomic E-state index is 3.42. The number of hydrogen-bond acceptors (Lipinski definition) is 1. The Kier molecular flexibility index (Phi) is 7.17. The summed E-state index contributed by atoms with van der Waals surface area (Å²) in [5.41, 5.74) is 0. The minimum absolute atomic E-state index is 0.669. The van der Waals surface area contributed by atoms with Crippen LogP contribution in [0.1, 0.15) is 40.5 Å². The predicted octanol–water partition coefficient (Wildman–Crippen LogP) is 2.98. The molecule has 0 heterocycles.